The van der Waals surface area contributed by atoms with Gasteiger partial charge >= 0.3 is 0 Å². The SMILES string of the molecule is CCCn1nc(C)cc1C(C)N. The zero-order chi connectivity index (χ0) is 9.14. The second-order valence-electron chi connectivity index (χ2n) is 3.22. The lowest BCUT2D eigenvalue weighted by Crippen LogP contribution is -2.13. The molecule has 0 aliphatic heterocycles. The van der Waals surface area contributed by atoms with Crippen LogP contribution in [0.2, 0.25) is 0 Å². The smallest absolute Gasteiger partial charge is 0.0597 e. The lowest BCUT2D eigenvalue weighted by Gasteiger charge is -2.07. The van der Waals surface area contributed by atoms with Crippen molar-refractivity contribution in [2.45, 2.75) is 39.8 Å². The van der Waals surface area contributed by atoms with Gasteiger partial charge in [-0.1, -0.05) is 6.92 Å². The van der Waals surface area contributed by atoms with Crippen molar-refractivity contribution in [1.82, 2.24) is 9.78 Å². The zero-order valence-corrected chi connectivity index (χ0v) is 8.04. The molecule has 3 heteroatoms. The van der Waals surface area contributed by atoms with Crippen molar-refractivity contribution in [2.75, 3.05) is 0 Å². The summed E-state index contributed by atoms with van der Waals surface area (Å²) in [5.41, 5.74) is 7.98. The molecule has 0 saturated heterocycles. The van der Waals surface area contributed by atoms with E-state index in [1.807, 2.05) is 18.5 Å². The van der Waals surface area contributed by atoms with Crippen molar-refractivity contribution < 1.29 is 0 Å². The second kappa shape index (κ2) is 3.72. The predicted molar refractivity (Wildman–Crippen MR) is 49.9 cm³/mol. The van der Waals surface area contributed by atoms with E-state index < -0.39 is 0 Å². The summed E-state index contributed by atoms with van der Waals surface area (Å²) in [6, 6.07) is 2.14. The molecule has 1 rings (SSSR count). The number of rotatable bonds is 3. The third kappa shape index (κ3) is 1.85. The maximum atomic E-state index is 5.80. The van der Waals surface area contributed by atoms with Crippen LogP contribution < -0.4 is 5.73 Å². The lowest BCUT2D eigenvalue weighted by atomic mass is 10.2. The summed E-state index contributed by atoms with van der Waals surface area (Å²) in [5.74, 6) is 0. The fourth-order valence-corrected chi connectivity index (χ4v) is 1.32. The Morgan fingerprint density at radius 2 is 2.33 bits per heavy atom. The highest BCUT2D eigenvalue weighted by atomic mass is 15.3. The zero-order valence-electron chi connectivity index (χ0n) is 8.04. The normalized spacial score (nSPS) is 13.3. The summed E-state index contributed by atoms with van der Waals surface area (Å²) in [7, 11) is 0. The van der Waals surface area contributed by atoms with Gasteiger partial charge in [0, 0.05) is 12.6 Å². The van der Waals surface area contributed by atoms with Gasteiger partial charge in [-0.3, -0.25) is 4.68 Å². The molecule has 0 radical (unpaired) electrons. The fraction of sp³-hybridized carbons (Fsp3) is 0.667. The van der Waals surface area contributed by atoms with E-state index >= 15 is 0 Å². The quantitative estimate of drug-likeness (QED) is 0.743. The first-order valence-corrected chi connectivity index (χ1v) is 4.45. The van der Waals surface area contributed by atoms with Crippen LogP contribution in [0.1, 0.15) is 37.7 Å². The molecule has 1 aromatic rings. The van der Waals surface area contributed by atoms with Gasteiger partial charge in [0.1, 0.15) is 0 Å². The van der Waals surface area contributed by atoms with Crippen LogP contribution in [0.4, 0.5) is 0 Å². The summed E-state index contributed by atoms with van der Waals surface area (Å²) in [6.45, 7) is 7.09. The Bertz CT molecular complexity index is 250. The Hall–Kier alpha value is -0.830. The van der Waals surface area contributed by atoms with Crippen molar-refractivity contribution in [1.29, 1.82) is 0 Å². The molecule has 0 spiro atoms. The van der Waals surface area contributed by atoms with Gasteiger partial charge in [0.2, 0.25) is 0 Å². The van der Waals surface area contributed by atoms with Crippen LogP contribution in [0.3, 0.4) is 0 Å². The second-order valence-corrected chi connectivity index (χ2v) is 3.22. The molecule has 1 unspecified atom stereocenters. The van der Waals surface area contributed by atoms with Crippen molar-refractivity contribution in [3.8, 4) is 0 Å². The van der Waals surface area contributed by atoms with Crippen LogP contribution in [0.25, 0.3) is 0 Å². The molecule has 0 fully saturated rings. The number of nitrogens with zero attached hydrogens (tertiary/aromatic N) is 2. The minimum absolute atomic E-state index is 0.0812. The van der Waals surface area contributed by atoms with Crippen LogP contribution in [-0.2, 0) is 6.54 Å². The van der Waals surface area contributed by atoms with E-state index in [2.05, 4.69) is 18.1 Å². The minimum Gasteiger partial charge on any atom is -0.323 e. The molecule has 1 aromatic heterocycles. The third-order valence-electron chi connectivity index (χ3n) is 1.84. The van der Waals surface area contributed by atoms with E-state index in [0.29, 0.717) is 0 Å². The number of aromatic nitrogens is 2. The first-order chi connectivity index (χ1) is 5.65. The maximum Gasteiger partial charge on any atom is 0.0597 e. The first kappa shape index (κ1) is 9.26. The van der Waals surface area contributed by atoms with Gasteiger partial charge in [-0.15, -0.1) is 0 Å². The molecule has 2 N–H and O–H groups in total. The highest BCUT2D eigenvalue weighted by Gasteiger charge is 2.07. The summed E-state index contributed by atoms with van der Waals surface area (Å²) in [4.78, 5) is 0. The standard InChI is InChI=1S/C9H17N3/c1-4-5-12-9(8(3)10)6-7(2)11-12/h6,8H,4-5,10H2,1-3H3. The van der Waals surface area contributed by atoms with Gasteiger partial charge < -0.3 is 5.73 Å². The van der Waals surface area contributed by atoms with Crippen LogP contribution in [0, 0.1) is 6.92 Å². The molecule has 3 nitrogen and oxygen atoms in total. The number of nitrogens with two attached hydrogens (primary N) is 1. The summed E-state index contributed by atoms with van der Waals surface area (Å²) < 4.78 is 2.00. The van der Waals surface area contributed by atoms with Crippen LogP contribution >= 0.6 is 0 Å². The predicted octanol–water partition coefficient (Wildman–Crippen LogP) is 1.62. The molecule has 0 aromatic carbocycles. The molecule has 0 aliphatic rings. The van der Waals surface area contributed by atoms with Gasteiger partial charge in [0.15, 0.2) is 0 Å². The molecule has 1 atom stereocenters. The van der Waals surface area contributed by atoms with Crippen molar-refractivity contribution in [3.63, 3.8) is 0 Å². The van der Waals surface area contributed by atoms with Crippen LogP contribution in [0.15, 0.2) is 6.07 Å². The molecule has 12 heavy (non-hydrogen) atoms. The van der Waals surface area contributed by atoms with Gasteiger partial charge in [-0.25, -0.2) is 0 Å². The van der Waals surface area contributed by atoms with E-state index in [1.54, 1.807) is 0 Å². The average Bonchev–Trinajstić information content (AvgIpc) is 2.32. The van der Waals surface area contributed by atoms with Crippen LogP contribution in [0.5, 0.6) is 0 Å². The van der Waals surface area contributed by atoms with Crippen molar-refractivity contribution in [3.05, 3.63) is 17.5 Å². The van der Waals surface area contributed by atoms with Gasteiger partial charge in [-0.05, 0) is 26.3 Å². The Kier molecular flexibility index (Phi) is 2.87. The lowest BCUT2D eigenvalue weighted by molar-refractivity contribution is 0.549. The molecule has 0 bridgehead atoms. The van der Waals surface area contributed by atoms with E-state index in [-0.39, 0.29) is 6.04 Å². The van der Waals surface area contributed by atoms with E-state index in [9.17, 15) is 0 Å². The number of aryl methyl sites for hydroxylation is 2. The molecular formula is C9H17N3. The molecule has 0 saturated carbocycles. The van der Waals surface area contributed by atoms with Crippen molar-refractivity contribution in [2.24, 2.45) is 5.73 Å². The number of hydrogen-bond donors (Lipinski definition) is 1. The minimum atomic E-state index is 0.0812. The summed E-state index contributed by atoms with van der Waals surface area (Å²) >= 11 is 0. The third-order valence-corrected chi connectivity index (χ3v) is 1.84. The van der Waals surface area contributed by atoms with Gasteiger partial charge in [0.25, 0.3) is 0 Å². The fourth-order valence-electron chi connectivity index (χ4n) is 1.32. The average molecular weight is 167 g/mol. The van der Waals surface area contributed by atoms with Gasteiger partial charge in [-0.2, -0.15) is 5.10 Å². The van der Waals surface area contributed by atoms with E-state index in [0.717, 1.165) is 24.4 Å². The van der Waals surface area contributed by atoms with E-state index in [4.69, 9.17) is 5.73 Å². The van der Waals surface area contributed by atoms with E-state index in [1.165, 1.54) is 0 Å². The molecule has 0 aliphatic carbocycles. The molecule has 1 heterocycles. The Labute approximate surface area is 73.6 Å². The Balaban J connectivity index is 2.92. The highest BCUT2D eigenvalue weighted by molar-refractivity contribution is 5.11. The largest absolute Gasteiger partial charge is 0.323 e. The summed E-state index contributed by atoms with van der Waals surface area (Å²) in [6.07, 6.45) is 1.10. The monoisotopic (exact) mass is 167 g/mol. The maximum absolute atomic E-state index is 5.80. The van der Waals surface area contributed by atoms with Crippen LogP contribution in [-0.4, -0.2) is 9.78 Å². The Morgan fingerprint density at radius 1 is 1.67 bits per heavy atom. The molecule has 68 valence electrons. The molecule has 0 amide bonds. The first-order valence-electron chi connectivity index (χ1n) is 4.45. The number of hydrogen-bond acceptors (Lipinski definition) is 2. The summed E-state index contributed by atoms with van der Waals surface area (Å²) in [5, 5.41) is 4.36. The van der Waals surface area contributed by atoms with Crippen molar-refractivity contribution >= 4 is 0 Å². The Morgan fingerprint density at radius 3 is 2.83 bits per heavy atom. The highest BCUT2D eigenvalue weighted by Crippen LogP contribution is 2.11. The topological polar surface area (TPSA) is 43.8 Å². The van der Waals surface area contributed by atoms with Gasteiger partial charge in [0.05, 0.1) is 11.4 Å². The molecular weight excluding hydrogens is 150 g/mol.